The monoisotopic (exact) mass is 514 g/mol. The van der Waals surface area contributed by atoms with Crippen molar-refractivity contribution in [3.8, 4) is 0 Å². The Labute approximate surface area is 204 Å². The van der Waals surface area contributed by atoms with Gasteiger partial charge in [0.05, 0.1) is 10.6 Å². The highest BCUT2D eigenvalue weighted by atomic mass is 35.5. The van der Waals surface area contributed by atoms with Gasteiger partial charge in [0.2, 0.25) is 10.0 Å². The van der Waals surface area contributed by atoms with Gasteiger partial charge in [-0.05, 0) is 72.8 Å². The van der Waals surface area contributed by atoms with E-state index in [1.54, 1.807) is 0 Å². The molecule has 0 unspecified atom stereocenters. The summed E-state index contributed by atoms with van der Waals surface area (Å²) in [6.45, 7) is 0. The van der Waals surface area contributed by atoms with E-state index < -0.39 is 33.6 Å². The summed E-state index contributed by atoms with van der Waals surface area (Å²) in [4.78, 5) is 38.5. The summed E-state index contributed by atoms with van der Waals surface area (Å²) in [5, 5.41) is 10.1. The lowest BCUT2D eigenvalue weighted by Crippen LogP contribution is -2.32. The first kappa shape index (κ1) is 24.1. The Morgan fingerprint density at radius 3 is 2.00 bits per heavy atom. The lowest BCUT2D eigenvalue weighted by Gasteiger charge is -2.15. The minimum Gasteiger partial charge on any atom is -0.350 e. The lowest BCUT2D eigenvalue weighted by atomic mass is 10.2. The van der Waals surface area contributed by atoms with E-state index in [0.29, 0.717) is 11.4 Å². The molecule has 1 aliphatic rings. The van der Waals surface area contributed by atoms with E-state index in [1.165, 1.54) is 60.7 Å². The van der Waals surface area contributed by atoms with Gasteiger partial charge in [-0.1, -0.05) is 11.6 Å². The van der Waals surface area contributed by atoms with Gasteiger partial charge in [0.25, 0.3) is 17.7 Å². The zero-order valence-electron chi connectivity index (χ0n) is 17.7. The van der Waals surface area contributed by atoms with E-state index in [1.807, 2.05) is 0 Å². The molecule has 0 fully saturated rings. The number of nitrogens with one attached hydrogen (secondary N) is 2. The van der Waals surface area contributed by atoms with Gasteiger partial charge in [0.1, 0.15) is 16.5 Å². The van der Waals surface area contributed by atoms with E-state index in [0.717, 1.165) is 17.0 Å². The van der Waals surface area contributed by atoms with E-state index in [2.05, 4.69) is 10.6 Å². The summed E-state index contributed by atoms with van der Waals surface area (Å²) in [6, 6.07) is 16.1. The molecular weight excluding hydrogens is 499 g/mol. The summed E-state index contributed by atoms with van der Waals surface area (Å²) >= 11 is 6.08. The van der Waals surface area contributed by atoms with Crippen molar-refractivity contribution >= 4 is 56.4 Å². The highest BCUT2D eigenvalue weighted by Crippen LogP contribution is 2.30. The standard InChI is InChI=1S/C23H16ClFN4O5S/c24-19-20(23(32)29(22(19)31)17-9-3-14(25)4-10-17)27-15-5-1-13(2-6-15)21(30)28-16-7-11-18(12-8-16)35(26,33)34/h1-12,27H,(H,28,30)(H2,26,33,34). The van der Waals surface area contributed by atoms with Crippen LogP contribution in [0.3, 0.4) is 0 Å². The van der Waals surface area contributed by atoms with E-state index in [9.17, 15) is 27.2 Å². The summed E-state index contributed by atoms with van der Waals surface area (Å²) in [5.74, 6) is -2.45. The van der Waals surface area contributed by atoms with Crippen LogP contribution in [0.4, 0.5) is 21.5 Å². The van der Waals surface area contributed by atoms with Crippen LogP contribution in [0.25, 0.3) is 0 Å². The molecule has 9 nitrogen and oxygen atoms in total. The SMILES string of the molecule is NS(=O)(=O)c1ccc(NC(=O)c2ccc(NC3=C(Cl)C(=O)N(c4ccc(F)cc4)C3=O)cc2)cc1. The number of hydrogen-bond donors (Lipinski definition) is 3. The maximum Gasteiger partial charge on any atom is 0.283 e. The lowest BCUT2D eigenvalue weighted by molar-refractivity contribution is -0.120. The Morgan fingerprint density at radius 1 is 0.857 bits per heavy atom. The van der Waals surface area contributed by atoms with Gasteiger partial charge in [-0.15, -0.1) is 0 Å². The van der Waals surface area contributed by atoms with Crippen LogP contribution in [0, 0.1) is 5.82 Å². The van der Waals surface area contributed by atoms with Crippen LogP contribution in [-0.2, 0) is 19.6 Å². The van der Waals surface area contributed by atoms with Crippen molar-refractivity contribution in [2.75, 3.05) is 15.5 Å². The molecule has 35 heavy (non-hydrogen) atoms. The first-order chi connectivity index (χ1) is 16.5. The van der Waals surface area contributed by atoms with Crippen LogP contribution in [-0.4, -0.2) is 26.1 Å². The fraction of sp³-hybridized carbons (Fsp3) is 0. The Morgan fingerprint density at radius 2 is 1.43 bits per heavy atom. The predicted octanol–water partition coefficient (Wildman–Crippen LogP) is 3.16. The molecule has 178 valence electrons. The smallest absolute Gasteiger partial charge is 0.283 e. The van der Waals surface area contributed by atoms with Crippen LogP contribution in [0.2, 0.25) is 0 Å². The molecule has 1 heterocycles. The molecule has 0 saturated carbocycles. The average Bonchev–Trinajstić information content (AvgIpc) is 3.03. The van der Waals surface area contributed by atoms with Crippen molar-refractivity contribution in [1.29, 1.82) is 0 Å². The zero-order valence-corrected chi connectivity index (χ0v) is 19.2. The fourth-order valence-corrected chi connectivity index (χ4v) is 3.94. The Hall–Kier alpha value is -4.06. The number of rotatable bonds is 6. The van der Waals surface area contributed by atoms with Crippen LogP contribution in [0.15, 0.2) is 88.4 Å². The summed E-state index contributed by atoms with van der Waals surface area (Å²) < 4.78 is 35.8. The molecule has 0 atom stereocenters. The number of sulfonamides is 1. The van der Waals surface area contributed by atoms with Crippen molar-refractivity contribution < 1.29 is 27.2 Å². The number of nitrogens with two attached hydrogens (primary N) is 1. The van der Waals surface area contributed by atoms with Crippen LogP contribution < -0.4 is 20.7 Å². The molecule has 4 rings (SSSR count). The molecule has 3 aromatic carbocycles. The number of benzene rings is 3. The Bertz CT molecular complexity index is 1470. The average molecular weight is 515 g/mol. The van der Waals surface area contributed by atoms with Crippen molar-refractivity contribution in [1.82, 2.24) is 0 Å². The second kappa shape index (κ2) is 9.29. The molecule has 1 aliphatic heterocycles. The second-order valence-corrected chi connectivity index (χ2v) is 9.28. The summed E-state index contributed by atoms with van der Waals surface area (Å²) in [5.41, 5.74) is 1.02. The first-order valence-electron chi connectivity index (χ1n) is 9.90. The Kier molecular flexibility index (Phi) is 6.39. The number of nitrogens with zero attached hydrogens (tertiary/aromatic N) is 1. The van der Waals surface area contributed by atoms with Crippen LogP contribution in [0.1, 0.15) is 10.4 Å². The van der Waals surface area contributed by atoms with Gasteiger partial charge in [-0.3, -0.25) is 14.4 Å². The molecule has 0 saturated heterocycles. The molecule has 0 radical (unpaired) electrons. The molecule has 0 aliphatic carbocycles. The molecule has 0 spiro atoms. The van der Waals surface area contributed by atoms with Crippen molar-refractivity contribution in [3.63, 3.8) is 0 Å². The quantitative estimate of drug-likeness (QED) is 0.432. The third-order valence-corrected chi connectivity index (χ3v) is 6.25. The second-order valence-electron chi connectivity index (χ2n) is 7.34. The number of halogens is 2. The third kappa shape index (κ3) is 5.06. The summed E-state index contributed by atoms with van der Waals surface area (Å²) in [7, 11) is -3.84. The number of imide groups is 1. The fourth-order valence-electron chi connectivity index (χ4n) is 3.22. The van der Waals surface area contributed by atoms with Crippen molar-refractivity contribution in [2.24, 2.45) is 5.14 Å². The van der Waals surface area contributed by atoms with E-state index in [-0.39, 0.29) is 26.9 Å². The summed E-state index contributed by atoms with van der Waals surface area (Å²) in [6.07, 6.45) is 0. The van der Waals surface area contributed by atoms with Crippen LogP contribution in [0.5, 0.6) is 0 Å². The number of hydrogen-bond acceptors (Lipinski definition) is 6. The highest BCUT2D eigenvalue weighted by molar-refractivity contribution is 7.89. The molecular formula is C23H16ClFN4O5S. The van der Waals surface area contributed by atoms with Gasteiger partial charge in [0.15, 0.2) is 0 Å². The predicted molar refractivity (Wildman–Crippen MR) is 128 cm³/mol. The number of carbonyl (C=O) groups is 3. The minimum absolute atomic E-state index is 0.0863. The molecule has 3 amide bonds. The number of anilines is 3. The maximum absolute atomic E-state index is 13.2. The van der Waals surface area contributed by atoms with Gasteiger partial charge >= 0.3 is 0 Å². The molecule has 4 N–H and O–H groups in total. The molecule has 3 aromatic rings. The highest BCUT2D eigenvalue weighted by Gasteiger charge is 2.38. The Balaban J connectivity index is 1.45. The van der Waals surface area contributed by atoms with E-state index in [4.69, 9.17) is 16.7 Å². The number of amides is 3. The molecule has 0 aromatic heterocycles. The van der Waals surface area contributed by atoms with Gasteiger partial charge in [-0.2, -0.15) is 0 Å². The van der Waals surface area contributed by atoms with Gasteiger partial charge < -0.3 is 10.6 Å². The number of primary sulfonamides is 1. The van der Waals surface area contributed by atoms with E-state index >= 15 is 0 Å². The van der Waals surface area contributed by atoms with Crippen molar-refractivity contribution in [2.45, 2.75) is 4.90 Å². The first-order valence-corrected chi connectivity index (χ1v) is 11.8. The molecule has 0 bridgehead atoms. The zero-order chi connectivity index (χ0) is 25.3. The third-order valence-electron chi connectivity index (χ3n) is 4.97. The number of carbonyl (C=O) groups excluding carboxylic acids is 3. The maximum atomic E-state index is 13.2. The minimum atomic E-state index is -3.84. The van der Waals surface area contributed by atoms with Gasteiger partial charge in [-0.25, -0.2) is 22.8 Å². The van der Waals surface area contributed by atoms with Crippen molar-refractivity contribution in [3.05, 3.63) is 94.9 Å². The largest absolute Gasteiger partial charge is 0.350 e. The normalized spacial score (nSPS) is 13.9. The van der Waals surface area contributed by atoms with Gasteiger partial charge in [0, 0.05) is 16.9 Å². The molecule has 12 heteroatoms. The topological polar surface area (TPSA) is 139 Å². The van der Waals surface area contributed by atoms with Crippen LogP contribution >= 0.6 is 11.6 Å².